The van der Waals surface area contributed by atoms with Crippen molar-refractivity contribution in [2.45, 2.75) is 32.2 Å². The molecule has 1 N–H and O–H groups in total. The molecule has 0 unspecified atom stereocenters. The van der Waals surface area contributed by atoms with Crippen molar-refractivity contribution in [2.75, 3.05) is 39.4 Å². The summed E-state index contributed by atoms with van der Waals surface area (Å²) in [4.78, 5) is 2.50. The Morgan fingerprint density at radius 1 is 1.38 bits per heavy atom. The Morgan fingerprint density at radius 2 is 2.12 bits per heavy atom. The van der Waals surface area contributed by atoms with Gasteiger partial charge in [0.15, 0.2) is 0 Å². The fourth-order valence-corrected chi connectivity index (χ4v) is 2.11. The normalized spacial score (nSPS) is 18.8. The van der Waals surface area contributed by atoms with Crippen LogP contribution in [0, 0.1) is 0 Å². The number of nitrogens with one attached hydrogen (secondary N) is 1. The maximum atomic E-state index is 5.52. The van der Waals surface area contributed by atoms with E-state index in [0.29, 0.717) is 0 Å². The van der Waals surface area contributed by atoms with Gasteiger partial charge in [-0.05, 0) is 38.9 Å². The summed E-state index contributed by atoms with van der Waals surface area (Å²) in [5, 5.41) is 3.52. The lowest BCUT2D eigenvalue weighted by Crippen LogP contribution is -2.43. The molecule has 0 amide bonds. The van der Waals surface area contributed by atoms with Gasteiger partial charge in [0.25, 0.3) is 0 Å². The SMILES string of the molecule is C=CCCOCCN1CCC(NCC)CC1. The minimum absolute atomic E-state index is 0.739. The van der Waals surface area contributed by atoms with E-state index in [2.05, 4.69) is 23.7 Å². The third-order valence-electron chi connectivity index (χ3n) is 3.10. The Kier molecular flexibility index (Phi) is 7.47. The predicted molar refractivity (Wildman–Crippen MR) is 68.8 cm³/mol. The van der Waals surface area contributed by atoms with E-state index in [4.69, 9.17) is 4.74 Å². The molecule has 3 nitrogen and oxygen atoms in total. The standard InChI is InChI=1S/C13H26N2O/c1-3-5-11-16-12-10-15-8-6-13(7-9-15)14-4-2/h3,13-14H,1,4-12H2,2H3. The van der Waals surface area contributed by atoms with Crippen LogP contribution in [0.1, 0.15) is 26.2 Å². The maximum absolute atomic E-state index is 5.52. The molecule has 0 aromatic carbocycles. The number of hydrogen-bond acceptors (Lipinski definition) is 3. The average Bonchev–Trinajstić information content (AvgIpc) is 2.31. The van der Waals surface area contributed by atoms with Gasteiger partial charge in [0, 0.05) is 12.6 Å². The van der Waals surface area contributed by atoms with Crippen molar-refractivity contribution in [1.82, 2.24) is 10.2 Å². The fourth-order valence-electron chi connectivity index (χ4n) is 2.11. The summed E-state index contributed by atoms with van der Waals surface area (Å²) in [5.74, 6) is 0. The first-order valence-corrected chi connectivity index (χ1v) is 6.51. The fraction of sp³-hybridized carbons (Fsp3) is 0.846. The van der Waals surface area contributed by atoms with E-state index in [-0.39, 0.29) is 0 Å². The molecule has 0 saturated carbocycles. The number of rotatable bonds is 8. The van der Waals surface area contributed by atoms with Crippen molar-refractivity contribution in [1.29, 1.82) is 0 Å². The largest absolute Gasteiger partial charge is 0.380 e. The summed E-state index contributed by atoms with van der Waals surface area (Å²) >= 11 is 0. The third kappa shape index (κ3) is 5.64. The molecule has 1 saturated heterocycles. The topological polar surface area (TPSA) is 24.5 Å². The highest BCUT2D eigenvalue weighted by Crippen LogP contribution is 2.09. The quantitative estimate of drug-likeness (QED) is 0.503. The van der Waals surface area contributed by atoms with E-state index in [1.54, 1.807) is 0 Å². The van der Waals surface area contributed by atoms with Crippen molar-refractivity contribution in [2.24, 2.45) is 0 Å². The van der Waals surface area contributed by atoms with Crippen LogP contribution in [0.5, 0.6) is 0 Å². The lowest BCUT2D eigenvalue weighted by molar-refractivity contribution is 0.0946. The molecule has 1 aliphatic heterocycles. The van der Waals surface area contributed by atoms with Crippen molar-refractivity contribution in [3.8, 4) is 0 Å². The second-order valence-corrected chi connectivity index (χ2v) is 4.36. The smallest absolute Gasteiger partial charge is 0.0593 e. The molecule has 1 heterocycles. The zero-order valence-electron chi connectivity index (χ0n) is 10.6. The number of nitrogens with zero attached hydrogens (tertiary/aromatic N) is 1. The van der Waals surface area contributed by atoms with Crippen LogP contribution >= 0.6 is 0 Å². The number of ether oxygens (including phenoxy) is 1. The second-order valence-electron chi connectivity index (χ2n) is 4.36. The Hall–Kier alpha value is -0.380. The van der Waals surface area contributed by atoms with Gasteiger partial charge in [0.2, 0.25) is 0 Å². The predicted octanol–water partition coefficient (Wildman–Crippen LogP) is 1.65. The summed E-state index contributed by atoms with van der Waals surface area (Å²) in [6.45, 7) is 12.1. The van der Waals surface area contributed by atoms with E-state index < -0.39 is 0 Å². The van der Waals surface area contributed by atoms with Crippen LogP contribution in [0.3, 0.4) is 0 Å². The van der Waals surface area contributed by atoms with E-state index in [0.717, 1.165) is 38.8 Å². The van der Waals surface area contributed by atoms with Gasteiger partial charge in [-0.1, -0.05) is 13.0 Å². The third-order valence-corrected chi connectivity index (χ3v) is 3.10. The first-order valence-electron chi connectivity index (χ1n) is 6.51. The lowest BCUT2D eigenvalue weighted by atomic mass is 10.1. The van der Waals surface area contributed by atoms with Crippen LogP contribution in [-0.2, 0) is 4.74 Å². The van der Waals surface area contributed by atoms with Gasteiger partial charge >= 0.3 is 0 Å². The molecular weight excluding hydrogens is 200 g/mol. The highest BCUT2D eigenvalue weighted by Gasteiger charge is 2.17. The Balaban J connectivity index is 1.97. The van der Waals surface area contributed by atoms with Crippen molar-refractivity contribution in [3.63, 3.8) is 0 Å². The van der Waals surface area contributed by atoms with E-state index in [1.165, 1.54) is 25.9 Å². The first-order chi connectivity index (χ1) is 7.86. The molecule has 16 heavy (non-hydrogen) atoms. The molecule has 0 bridgehead atoms. The molecule has 94 valence electrons. The minimum atomic E-state index is 0.739. The number of piperidine rings is 1. The van der Waals surface area contributed by atoms with Crippen LogP contribution in [0.2, 0.25) is 0 Å². The molecular formula is C13H26N2O. The van der Waals surface area contributed by atoms with Crippen LogP contribution in [0.15, 0.2) is 12.7 Å². The van der Waals surface area contributed by atoms with Crippen molar-refractivity contribution >= 4 is 0 Å². The Bertz CT molecular complexity index is 177. The van der Waals surface area contributed by atoms with Gasteiger partial charge in [-0.15, -0.1) is 6.58 Å². The zero-order valence-corrected chi connectivity index (χ0v) is 10.6. The summed E-state index contributed by atoms with van der Waals surface area (Å²) in [7, 11) is 0. The van der Waals surface area contributed by atoms with Gasteiger partial charge in [-0.2, -0.15) is 0 Å². The minimum Gasteiger partial charge on any atom is -0.380 e. The van der Waals surface area contributed by atoms with Gasteiger partial charge in [-0.3, -0.25) is 0 Å². The molecule has 0 spiro atoms. The molecule has 1 fully saturated rings. The van der Waals surface area contributed by atoms with Crippen molar-refractivity contribution in [3.05, 3.63) is 12.7 Å². The van der Waals surface area contributed by atoms with Gasteiger partial charge < -0.3 is 15.0 Å². The van der Waals surface area contributed by atoms with Gasteiger partial charge in [0.1, 0.15) is 0 Å². The molecule has 0 atom stereocenters. The van der Waals surface area contributed by atoms with Crippen LogP contribution in [0.4, 0.5) is 0 Å². The first kappa shape index (κ1) is 13.7. The summed E-state index contributed by atoms with van der Waals surface area (Å²) in [6.07, 6.45) is 5.42. The van der Waals surface area contributed by atoms with Crippen LogP contribution in [0.25, 0.3) is 0 Å². The maximum Gasteiger partial charge on any atom is 0.0593 e. The van der Waals surface area contributed by atoms with Gasteiger partial charge in [0.05, 0.1) is 13.2 Å². The van der Waals surface area contributed by atoms with Crippen LogP contribution in [-0.4, -0.2) is 50.3 Å². The number of hydrogen-bond donors (Lipinski definition) is 1. The zero-order chi connectivity index (χ0) is 11.6. The second kappa shape index (κ2) is 8.74. The van der Waals surface area contributed by atoms with E-state index in [1.807, 2.05) is 6.08 Å². The summed E-state index contributed by atoms with van der Waals surface area (Å²) in [6, 6.07) is 0.739. The van der Waals surface area contributed by atoms with Crippen molar-refractivity contribution < 1.29 is 4.74 Å². The average molecular weight is 226 g/mol. The van der Waals surface area contributed by atoms with Crippen LogP contribution < -0.4 is 5.32 Å². The monoisotopic (exact) mass is 226 g/mol. The van der Waals surface area contributed by atoms with Gasteiger partial charge in [-0.25, -0.2) is 0 Å². The lowest BCUT2D eigenvalue weighted by Gasteiger charge is -2.32. The molecule has 1 rings (SSSR count). The summed E-state index contributed by atoms with van der Waals surface area (Å²) < 4.78 is 5.52. The Morgan fingerprint density at radius 3 is 2.75 bits per heavy atom. The van der Waals surface area contributed by atoms with E-state index in [9.17, 15) is 0 Å². The molecule has 0 aliphatic carbocycles. The highest BCUT2D eigenvalue weighted by molar-refractivity contribution is 4.76. The highest BCUT2D eigenvalue weighted by atomic mass is 16.5. The molecule has 1 aliphatic rings. The molecule has 0 aromatic rings. The molecule has 3 heteroatoms. The summed E-state index contributed by atoms with van der Waals surface area (Å²) in [5.41, 5.74) is 0. The number of likely N-dealkylation sites (tertiary alicyclic amines) is 1. The molecule has 0 aromatic heterocycles. The van der Waals surface area contributed by atoms with E-state index >= 15 is 0 Å². The molecule has 0 radical (unpaired) electrons. The Labute approximate surface area is 99.8 Å².